The van der Waals surface area contributed by atoms with Gasteiger partial charge in [-0.1, -0.05) is 51.3 Å². The van der Waals surface area contributed by atoms with Gasteiger partial charge in [0.2, 0.25) is 0 Å². The second-order valence-corrected chi connectivity index (χ2v) is 19.8. The van der Waals surface area contributed by atoms with E-state index in [1.54, 1.807) is 0 Å². The lowest BCUT2D eigenvalue weighted by Gasteiger charge is -2.43. The SMILES string of the molecule is Brc1ccc(I)cn1.C.C.CC(C)(C)OC(=O)N[C@@H]1c2ccccc2OC12CCN(c1ccc(Br)nc1)CC2.CC(C)(C)OC(=O)N[C@@H]1c2ccccc2OC12CCNCC2. The first-order valence-electron chi connectivity index (χ1n) is 19.8. The molecule has 0 bridgehead atoms. The molecule has 15 heteroatoms. The third-order valence-electron chi connectivity index (χ3n) is 10.3. The Hall–Kier alpha value is -3.67. The third kappa shape index (κ3) is 13.2. The standard InChI is InChI=1S/C22H26BrN3O3.C17H24N2O3.C5H3BrIN.2CH4/c1-21(2,3)29-20(27)25-19-16-6-4-5-7-17(16)28-22(19)10-12-26(13-11-22)15-8-9-18(23)24-14-15;1-16(2,3)22-15(20)19-14-12-6-4-5-7-13(12)21-17(14)8-10-18-11-9-17;6-5-2-1-4(7)3-8-5;;/h4-9,14,19H,10-13H2,1-3H3,(H,25,27);4-7,14,18H,8-11H2,1-3H3,(H,19,20);1-3H;2*1H4/t19-;14-;;;/m11.../s1. The number of pyridine rings is 2. The molecule has 0 unspecified atom stereocenters. The molecule has 0 aliphatic carbocycles. The molecular weight excluding hydrogens is 1020 g/mol. The van der Waals surface area contributed by atoms with Gasteiger partial charge in [0.1, 0.15) is 55.2 Å². The van der Waals surface area contributed by atoms with Gasteiger partial charge < -0.3 is 39.8 Å². The van der Waals surface area contributed by atoms with E-state index in [-0.39, 0.29) is 32.5 Å². The Morgan fingerprint density at radius 3 is 1.56 bits per heavy atom. The highest BCUT2D eigenvalue weighted by molar-refractivity contribution is 14.1. The van der Waals surface area contributed by atoms with Crippen molar-refractivity contribution in [3.05, 3.63) is 109 Å². The summed E-state index contributed by atoms with van der Waals surface area (Å²) in [7, 11) is 0. The van der Waals surface area contributed by atoms with Gasteiger partial charge in [0, 0.05) is 59.7 Å². The molecule has 2 fully saturated rings. The summed E-state index contributed by atoms with van der Waals surface area (Å²) in [5.74, 6) is 1.71. The fourth-order valence-corrected chi connectivity index (χ4v) is 8.49. The van der Waals surface area contributed by atoms with Gasteiger partial charge in [-0.3, -0.25) is 0 Å². The fraction of sp³-hybridized carbons (Fsp3) is 0.478. The number of rotatable bonds is 3. The molecule has 2 aromatic heterocycles. The van der Waals surface area contributed by atoms with Gasteiger partial charge in [-0.25, -0.2) is 19.6 Å². The minimum Gasteiger partial charge on any atom is -0.484 e. The third-order valence-corrected chi connectivity index (χ3v) is 11.9. The highest BCUT2D eigenvalue weighted by atomic mass is 127. The number of hydrogen-bond acceptors (Lipinski definition) is 10. The quantitative estimate of drug-likeness (QED) is 0.134. The smallest absolute Gasteiger partial charge is 0.408 e. The van der Waals surface area contributed by atoms with Gasteiger partial charge in [0.05, 0.1) is 11.9 Å². The van der Waals surface area contributed by atoms with E-state index in [1.807, 2.05) is 121 Å². The Morgan fingerprint density at radius 2 is 1.15 bits per heavy atom. The normalized spacial score (nSPS) is 19.0. The number of ether oxygens (including phenoxy) is 4. The summed E-state index contributed by atoms with van der Waals surface area (Å²) >= 11 is 8.83. The summed E-state index contributed by atoms with van der Waals surface area (Å²) in [6.07, 6.45) is 6.19. The summed E-state index contributed by atoms with van der Waals surface area (Å²) in [6, 6.07) is 23.4. The van der Waals surface area contributed by atoms with Crippen molar-refractivity contribution in [2.24, 2.45) is 0 Å². The van der Waals surface area contributed by atoms with E-state index >= 15 is 0 Å². The number of carbonyl (C=O) groups excluding carboxylic acids is 2. The van der Waals surface area contributed by atoms with Gasteiger partial charge in [-0.2, -0.15) is 0 Å². The van der Waals surface area contributed by atoms with Crippen LogP contribution in [0.5, 0.6) is 11.5 Å². The molecule has 0 radical (unpaired) electrons. The Bertz CT molecular complexity index is 2030. The van der Waals surface area contributed by atoms with Crippen molar-refractivity contribution in [2.45, 2.75) is 117 Å². The first kappa shape index (κ1) is 50.0. The van der Waals surface area contributed by atoms with Gasteiger partial charge in [0.25, 0.3) is 0 Å². The second kappa shape index (κ2) is 21.1. The molecule has 332 valence electrons. The summed E-state index contributed by atoms with van der Waals surface area (Å²) in [6.45, 7) is 14.6. The number of fused-ring (bicyclic) bond motifs is 2. The van der Waals surface area contributed by atoms with Crippen molar-refractivity contribution >= 4 is 72.3 Å². The number of carbonyl (C=O) groups is 2. The van der Waals surface area contributed by atoms with Crippen LogP contribution in [0.1, 0.15) is 105 Å². The zero-order chi connectivity index (χ0) is 42.4. The van der Waals surface area contributed by atoms with Crippen LogP contribution < -0.4 is 30.3 Å². The number of piperidine rings is 2. The molecule has 6 heterocycles. The molecule has 2 amide bonds. The van der Waals surface area contributed by atoms with E-state index < -0.39 is 29.0 Å². The van der Waals surface area contributed by atoms with E-state index in [2.05, 4.69) is 91.3 Å². The molecule has 2 aromatic carbocycles. The number of benzene rings is 2. The predicted octanol–water partition coefficient (Wildman–Crippen LogP) is 11.3. The molecule has 4 aliphatic heterocycles. The number of aromatic nitrogens is 2. The molecule has 8 rings (SSSR count). The van der Waals surface area contributed by atoms with Crippen molar-refractivity contribution in [1.29, 1.82) is 0 Å². The van der Waals surface area contributed by atoms with E-state index in [4.69, 9.17) is 18.9 Å². The number of halogens is 3. The van der Waals surface area contributed by atoms with Crippen LogP contribution in [-0.4, -0.2) is 70.7 Å². The average molecular weight is 1080 g/mol. The first-order valence-corrected chi connectivity index (χ1v) is 22.5. The monoisotopic (exact) mass is 1080 g/mol. The van der Waals surface area contributed by atoms with Crippen LogP contribution in [0.15, 0.2) is 94.4 Å². The van der Waals surface area contributed by atoms with Gasteiger partial charge in [-0.05, 0) is 145 Å². The Kier molecular flexibility index (Phi) is 17.3. The predicted molar refractivity (Wildman–Crippen MR) is 257 cm³/mol. The minimum atomic E-state index is -0.547. The van der Waals surface area contributed by atoms with Crippen molar-refractivity contribution in [2.75, 3.05) is 31.1 Å². The second-order valence-electron chi connectivity index (χ2n) is 16.9. The molecule has 61 heavy (non-hydrogen) atoms. The molecule has 4 aliphatic rings. The molecule has 2 spiro atoms. The minimum absolute atomic E-state index is 0. The first-order chi connectivity index (χ1) is 27.9. The molecule has 12 nitrogen and oxygen atoms in total. The van der Waals surface area contributed by atoms with E-state index in [1.165, 1.54) is 0 Å². The van der Waals surface area contributed by atoms with Crippen molar-refractivity contribution < 1.29 is 28.5 Å². The summed E-state index contributed by atoms with van der Waals surface area (Å²) in [5.41, 5.74) is 1.24. The zero-order valence-electron chi connectivity index (χ0n) is 34.3. The lowest BCUT2D eigenvalue weighted by atomic mass is 9.82. The van der Waals surface area contributed by atoms with Crippen LogP contribution in [0.4, 0.5) is 15.3 Å². The number of amides is 2. The maximum Gasteiger partial charge on any atom is 0.408 e. The maximum atomic E-state index is 12.6. The van der Waals surface area contributed by atoms with Crippen molar-refractivity contribution in [1.82, 2.24) is 25.9 Å². The van der Waals surface area contributed by atoms with E-state index in [9.17, 15) is 9.59 Å². The van der Waals surface area contributed by atoms with E-state index in [0.717, 1.165) is 93.0 Å². The number of nitrogens with zero attached hydrogens (tertiary/aromatic N) is 3. The number of anilines is 1. The number of hydrogen-bond donors (Lipinski definition) is 3. The van der Waals surface area contributed by atoms with Crippen LogP contribution >= 0.6 is 54.5 Å². The average Bonchev–Trinajstić information content (AvgIpc) is 3.63. The maximum absolute atomic E-state index is 12.6. The molecule has 0 saturated carbocycles. The molecular formula is C46H61Br2IN6O6. The highest BCUT2D eigenvalue weighted by Crippen LogP contribution is 2.49. The Morgan fingerprint density at radius 1 is 0.705 bits per heavy atom. The van der Waals surface area contributed by atoms with Crippen molar-refractivity contribution in [3.8, 4) is 11.5 Å². The Balaban J connectivity index is 0.000000226. The van der Waals surface area contributed by atoms with Crippen LogP contribution in [0.25, 0.3) is 0 Å². The summed E-state index contributed by atoms with van der Waals surface area (Å²) < 4.78 is 26.6. The lowest BCUT2D eigenvalue weighted by Crippen LogP contribution is -2.54. The molecule has 2 saturated heterocycles. The van der Waals surface area contributed by atoms with Crippen LogP contribution in [0, 0.1) is 3.57 Å². The summed E-state index contributed by atoms with van der Waals surface area (Å²) in [5, 5.41) is 9.48. The van der Waals surface area contributed by atoms with Crippen LogP contribution in [0.3, 0.4) is 0 Å². The van der Waals surface area contributed by atoms with Gasteiger partial charge in [0.15, 0.2) is 0 Å². The molecule has 2 atom stereocenters. The van der Waals surface area contributed by atoms with Crippen LogP contribution in [0.2, 0.25) is 0 Å². The fourth-order valence-electron chi connectivity index (χ4n) is 7.70. The number of nitrogens with one attached hydrogen (secondary N) is 3. The highest BCUT2D eigenvalue weighted by Gasteiger charge is 2.52. The summed E-state index contributed by atoms with van der Waals surface area (Å²) in [4.78, 5) is 35.4. The van der Waals surface area contributed by atoms with E-state index in [0.29, 0.717) is 0 Å². The van der Waals surface area contributed by atoms with Gasteiger partial charge in [-0.15, -0.1) is 0 Å². The molecule has 3 N–H and O–H groups in total. The van der Waals surface area contributed by atoms with Gasteiger partial charge >= 0.3 is 12.2 Å². The lowest BCUT2D eigenvalue weighted by molar-refractivity contribution is 0.0113. The largest absolute Gasteiger partial charge is 0.484 e. The molecule has 4 aromatic rings. The van der Waals surface area contributed by atoms with Crippen molar-refractivity contribution in [3.63, 3.8) is 0 Å². The zero-order valence-corrected chi connectivity index (χ0v) is 39.6. The number of alkyl carbamates (subject to hydrolysis) is 2. The topological polar surface area (TPSA) is 136 Å². The number of para-hydroxylation sites is 2. The Labute approximate surface area is 392 Å². The van der Waals surface area contributed by atoms with Crippen LogP contribution in [-0.2, 0) is 9.47 Å².